The van der Waals surface area contributed by atoms with Crippen molar-refractivity contribution in [2.24, 2.45) is 0 Å². The Kier molecular flexibility index (Phi) is 7.66. The van der Waals surface area contributed by atoms with Crippen LogP contribution in [-0.4, -0.2) is 30.3 Å². The molecule has 0 aliphatic heterocycles. The standard InChI is InChI=1S/C29H26F3N3O3/c1-15(2)14-33-27(36)17-4-8-21(23(10-17)29(38)35-20-7-9-24(30)26(32)13-20)22-11-18(12-25(31)16(22)3)28(37)34-19-5-6-19/h4,7-13,19H,1,5-6,14H2,2-3H3,(H,33,36)(H,34,37)(H,35,38). The van der Waals surface area contributed by atoms with Gasteiger partial charge in [0.05, 0.1) is 0 Å². The smallest absolute Gasteiger partial charge is 0.256 e. The predicted molar refractivity (Wildman–Crippen MR) is 139 cm³/mol. The molecule has 3 amide bonds. The molecule has 0 radical (unpaired) electrons. The van der Waals surface area contributed by atoms with Crippen molar-refractivity contribution in [3.63, 3.8) is 0 Å². The van der Waals surface area contributed by atoms with Gasteiger partial charge in [-0.2, -0.15) is 0 Å². The molecule has 0 unspecified atom stereocenters. The van der Waals surface area contributed by atoms with Gasteiger partial charge >= 0.3 is 0 Å². The lowest BCUT2D eigenvalue weighted by atomic mass is 9.91. The molecule has 6 nitrogen and oxygen atoms in total. The average molecular weight is 522 g/mol. The molecule has 0 bridgehead atoms. The Morgan fingerprint density at radius 2 is 1.58 bits per heavy atom. The average Bonchev–Trinajstić information content (AvgIpc) is 3.70. The third kappa shape index (κ3) is 6.11. The quantitative estimate of drug-likeness (QED) is 0.341. The number of anilines is 1. The Morgan fingerprint density at radius 1 is 0.842 bits per heavy atom. The third-order valence-corrected chi connectivity index (χ3v) is 6.06. The highest BCUT2D eigenvalue weighted by Crippen LogP contribution is 2.32. The first kappa shape index (κ1) is 26.7. The molecule has 3 aromatic rings. The lowest BCUT2D eigenvalue weighted by molar-refractivity contribution is 0.0944. The van der Waals surface area contributed by atoms with E-state index in [9.17, 15) is 27.6 Å². The minimum Gasteiger partial charge on any atom is -0.349 e. The van der Waals surface area contributed by atoms with Crippen LogP contribution in [0.4, 0.5) is 18.9 Å². The Balaban J connectivity index is 1.78. The van der Waals surface area contributed by atoms with Crippen LogP contribution >= 0.6 is 0 Å². The molecule has 1 aliphatic carbocycles. The van der Waals surface area contributed by atoms with Gasteiger partial charge in [0.15, 0.2) is 11.6 Å². The zero-order chi connectivity index (χ0) is 27.6. The SMILES string of the molecule is C=C(C)CNC(=O)c1ccc(-c2cc(C(=O)NC3CC3)cc(F)c2C)c(C(=O)Nc2ccc(F)c(F)c2)c1. The first-order valence-electron chi connectivity index (χ1n) is 12.0. The van der Waals surface area contributed by atoms with Gasteiger partial charge in [-0.1, -0.05) is 18.2 Å². The van der Waals surface area contributed by atoms with Gasteiger partial charge in [0.2, 0.25) is 0 Å². The Labute approximate surface area is 217 Å². The van der Waals surface area contributed by atoms with Crippen molar-refractivity contribution in [1.82, 2.24) is 10.6 Å². The molecule has 196 valence electrons. The Bertz CT molecular complexity index is 1460. The zero-order valence-corrected chi connectivity index (χ0v) is 20.9. The molecule has 0 aromatic heterocycles. The fourth-order valence-electron chi connectivity index (χ4n) is 3.80. The maximum atomic E-state index is 15.0. The molecular weight excluding hydrogens is 495 g/mol. The number of benzene rings is 3. The molecule has 0 heterocycles. The molecule has 0 saturated heterocycles. The Morgan fingerprint density at radius 3 is 2.24 bits per heavy atom. The second-order valence-electron chi connectivity index (χ2n) is 9.36. The highest BCUT2D eigenvalue weighted by molar-refractivity contribution is 6.11. The number of carbonyl (C=O) groups is 3. The molecule has 4 rings (SSSR count). The van der Waals surface area contributed by atoms with Gasteiger partial charge in [-0.05, 0) is 79.8 Å². The van der Waals surface area contributed by atoms with Crippen molar-refractivity contribution in [3.05, 3.63) is 100 Å². The molecule has 38 heavy (non-hydrogen) atoms. The first-order valence-corrected chi connectivity index (χ1v) is 12.0. The van der Waals surface area contributed by atoms with Crippen LogP contribution in [0.25, 0.3) is 11.1 Å². The number of rotatable bonds is 8. The van der Waals surface area contributed by atoms with Crippen LogP contribution < -0.4 is 16.0 Å². The van der Waals surface area contributed by atoms with Crippen LogP contribution in [0.3, 0.4) is 0 Å². The van der Waals surface area contributed by atoms with E-state index < -0.39 is 35.2 Å². The van der Waals surface area contributed by atoms with Crippen LogP contribution in [0.15, 0.2) is 60.7 Å². The van der Waals surface area contributed by atoms with Gasteiger partial charge in [0, 0.05) is 41.0 Å². The fourth-order valence-corrected chi connectivity index (χ4v) is 3.80. The van der Waals surface area contributed by atoms with E-state index in [1.165, 1.54) is 37.3 Å². The fraction of sp³-hybridized carbons (Fsp3) is 0.207. The number of halogens is 3. The number of carbonyl (C=O) groups excluding carboxylic acids is 3. The maximum absolute atomic E-state index is 15.0. The molecule has 1 aliphatic rings. The van der Waals surface area contributed by atoms with Crippen LogP contribution in [0.5, 0.6) is 0 Å². The predicted octanol–water partition coefficient (Wildman–Crippen LogP) is 5.53. The van der Waals surface area contributed by atoms with E-state index in [0.717, 1.165) is 36.6 Å². The van der Waals surface area contributed by atoms with Gasteiger partial charge < -0.3 is 16.0 Å². The van der Waals surface area contributed by atoms with Crippen molar-refractivity contribution in [1.29, 1.82) is 0 Å². The minimum atomic E-state index is -1.15. The summed E-state index contributed by atoms with van der Waals surface area (Å²) in [6, 6.07) is 9.85. The molecule has 1 saturated carbocycles. The molecular formula is C29H26F3N3O3. The number of hydrogen-bond donors (Lipinski definition) is 3. The van der Waals surface area contributed by atoms with Gasteiger partial charge in [0.25, 0.3) is 17.7 Å². The number of hydrogen-bond acceptors (Lipinski definition) is 3. The highest BCUT2D eigenvalue weighted by atomic mass is 19.2. The summed E-state index contributed by atoms with van der Waals surface area (Å²) in [5, 5.41) is 7.99. The Hall–Kier alpha value is -4.40. The van der Waals surface area contributed by atoms with Crippen molar-refractivity contribution in [3.8, 4) is 11.1 Å². The molecule has 3 N–H and O–H groups in total. The second kappa shape index (κ2) is 10.9. The van der Waals surface area contributed by atoms with Crippen molar-refractivity contribution >= 4 is 23.4 Å². The van der Waals surface area contributed by atoms with E-state index in [0.29, 0.717) is 0 Å². The zero-order valence-electron chi connectivity index (χ0n) is 20.9. The van der Waals surface area contributed by atoms with Crippen molar-refractivity contribution in [2.45, 2.75) is 32.7 Å². The summed E-state index contributed by atoms with van der Waals surface area (Å²) in [6.45, 7) is 7.22. The largest absolute Gasteiger partial charge is 0.349 e. The van der Waals surface area contributed by atoms with E-state index in [1.54, 1.807) is 6.92 Å². The number of nitrogens with one attached hydrogen (secondary N) is 3. The van der Waals surface area contributed by atoms with Crippen molar-refractivity contribution in [2.75, 3.05) is 11.9 Å². The summed E-state index contributed by atoms with van der Waals surface area (Å²) < 4.78 is 42.1. The summed E-state index contributed by atoms with van der Waals surface area (Å²) in [7, 11) is 0. The number of amides is 3. The molecule has 1 fully saturated rings. The van der Waals surface area contributed by atoms with Gasteiger partial charge in [-0.3, -0.25) is 14.4 Å². The van der Waals surface area contributed by atoms with Gasteiger partial charge in [-0.15, -0.1) is 0 Å². The lowest BCUT2D eigenvalue weighted by Crippen LogP contribution is -2.26. The van der Waals surface area contributed by atoms with E-state index in [-0.39, 0.29) is 51.7 Å². The van der Waals surface area contributed by atoms with E-state index >= 15 is 0 Å². The van der Waals surface area contributed by atoms with E-state index in [1.807, 2.05) is 0 Å². The molecule has 3 aromatic carbocycles. The summed E-state index contributed by atoms with van der Waals surface area (Å²) >= 11 is 0. The first-order chi connectivity index (χ1) is 18.0. The van der Waals surface area contributed by atoms with Crippen molar-refractivity contribution < 1.29 is 27.6 Å². The summed E-state index contributed by atoms with van der Waals surface area (Å²) in [6.07, 6.45) is 1.71. The molecule has 0 atom stereocenters. The topological polar surface area (TPSA) is 87.3 Å². The van der Waals surface area contributed by atoms with Crippen LogP contribution in [0.2, 0.25) is 0 Å². The molecule has 0 spiro atoms. The van der Waals surface area contributed by atoms with Gasteiger partial charge in [-0.25, -0.2) is 13.2 Å². The highest BCUT2D eigenvalue weighted by Gasteiger charge is 2.25. The maximum Gasteiger partial charge on any atom is 0.256 e. The van der Waals surface area contributed by atoms with Crippen LogP contribution in [0, 0.1) is 24.4 Å². The minimum absolute atomic E-state index is 0.0162. The normalized spacial score (nSPS) is 12.6. The summed E-state index contributed by atoms with van der Waals surface area (Å²) in [5.41, 5.74) is 1.62. The third-order valence-electron chi connectivity index (χ3n) is 6.06. The van der Waals surface area contributed by atoms with Crippen LogP contribution in [0.1, 0.15) is 56.4 Å². The summed E-state index contributed by atoms with van der Waals surface area (Å²) in [4.78, 5) is 38.7. The van der Waals surface area contributed by atoms with E-state index in [2.05, 4.69) is 22.5 Å². The summed E-state index contributed by atoms with van der Waals surface area (Å²) in [5.74, 6) is -4.51. The molecule has 9 heteroatoms. The second-order valence-corrected chi connectivity index (χ2v) is 9.36. The lowest BCUT2D eigenvalue weighted by Gasteiger charge is -2.16. The van der Waals surface area contributed by atoms with E-state index in [4.69, 9.17) is 0 Å². The van der Waals surface area contributed by atoms with Gasteiger partial charge in [0.1, 0.15) is 5.82 Å². The monoisotopic (exact) mass is 521 g/mol. The van der Waals surface area contributed by atoms with Crippen LogP contribution in [-0.2, 0) is 0 Å².